The topological polar surface area (TPSA) is 41.5 Å². The zero-order valence-corrected chi connectivity index (χ0v) is 9.55. The minimum Gasteiger partial charge on any atom is -0.296 e. The lowest BCUT2D eigenvalue weighted by Gasteiger charge is -2.23. The molecule has 0 amide bonds. The number of nitrogens with one attached hydrogen (secondary N) is 1. The Bertz CT molecular complexity index is 252. The normalized spacial score (nSPS) is 19.8. The van der Waals surface area contributed by atoms with Crippen molar-refractivity contribution in [2.24, 2.45) is 11.0 Å². The summed E-state index contributed by atoms with van der Waals surface area (Å²) < 4.78 is 0. The fraction of sp³-hybridized carbons (Fsp3) is 0.818. The summed E-state index contributed by atoms with van der Waals surface area (Å²) in [6.07, 6.45) is 2.41. The summed E-state index contributed by atoms with van der Waals surface area (Å²) in [5.74, 6) is 0.695. The van der Waals surface area contributed by atoms with Crippen molar-refractivity contribution in [1.82, 2.24) is 5.43 Å². The Balaban J connectivity index is 2.74. The van der Waals surface area contributed by atoms with E-state index in [1.165, 1.54) is 0 Å². The smallest absolute Gasteiger partial charge is 0.205 e. The molecule has 14 heavy (non-hydrogen) atoms. The number of nitrogens with zero attached hydrogens (tertiary/aromatic N) is 1. The highest BCUT2D eigenvalue weighted by Gasteiger charge is 2.41. The lowest BCUT2D eigenvalue weighted by atomic mass is 9.86. The molecule has 0 aliphatic carbocycles. The zero-order valence-electron chi connectivity index (χ0n) is 9.55. The molecule has 0 saturated heterocycles. The quantitative estimate of drug-likeness (QED) is 0.748. The Labute approximate surface area is 86.0 Å². The van der Waals surface area contributed by atoms with Crippen molar-refractivity contribution in [3.63, 3.8) is 0 Å². The number of ketones is 1. The SMILES string of the molecule is CCC1(CC)NN=C(CC(C)C)C1=O. The molecule has 0 radical (unpaired) electrons. The first-order valence-corrected chi connectivity index (χ1v) is 5.44. The van der Waals surface area contributed by atoms with Gasteiger partial charge in [0.15, 0.2) is 0 Å². The third-order valence-electron chi connectivity index (χ3n) is 2.91. The third kappa shape index (κ3) is 1.81. The second-order valence-corrected chi connectivity index (χ2v) is 4.39. The molecule has 0 unspecified atom stereocenters. The van der Waals surface area contributed by atoms with Crippen LogP contribution in [0.15, 0.2) is 5.10 Å². The van der Waals surface area contributed by atoms with Crippen molar-refractivity contribution in [2.75, 3.05) is 0 Å². The average molecular weight is 196 g/mol. The standard InChI is InChI=1S/C11H20N2O/c1-5-11(6-2)10(14)9(12-13-11)7-8(3)4/h8,13H,5-7H2,1-4H3. The fourth-order valence-corrected chi connectivity index (χ4v) is 1.81. The molecule has 0 spiro atoms. The summed E-state index contributed by atoms with van der Waals surface area (Å²) >= 11 is 0. The van der Waals surface area contributed by atoms with Gasteiger partial charge in [-0.25, -0.2) is 0 Å². The Hall–Kier alpha value is -0.860. The molecule has 0 aromatic rings. The lowest BCUT2D eigenvalue weighted by Crippen LogP contribution is -2.45. The second-order valence-electron chi connectivity index (χ2n) is 4.39. The predicted molar refractivity (Wildman–Crippen MR) is 58.3 cm³/mol. The van der Waals surface area contributed by atoms with Gasteiger partial charge in [0.1, 0.15) is 11.3 Å². The van der Waals surface area contributed by atoms with E-state index in [0.717, 1.165) is 25.0 Å². The molecule has 0 aromatic heterocycles. The van der Waals surface area contributed by atoms with Gasteiger partial charge in [-0.2, -0.15) is 5.10 Å². The van der Waals surface area contributed by atoms with E-state index in [-0.39, 0.29) is 5.78 Å². The molecular weight excluding hydrogens is 176 g/mol. The van der Waals surface area contributed by atoms with Gasteiger partial charge in [0.05, 0.1) is 0 Å². The molecule has 0 fully saturated rings. The van der Waals surface area contributed by atoms with Crippen LogP contribution in [-0.4, -0.2) is 17.0 Å². The second kappa shape index (κ2) is 4.11. The number of carbonyl (C=O) groups is 1. The molecule has 0 aromatic carbocycles. The van der Waals surface area contributed by atoms with Crippen LogP contribution in [0.25, 0.3) is 0 Å². The molecule has 3 nitrogen and oxygen atoms in total. The largest absolute Gasteiger partial charge is 0.296 e. The van der Waals surface area contributed by atoms with E-state index >= 15 is 0 Å². The molecule has 0 bridgehead atoms. The van der Waals surface area contributed by atoms with E-state index < -0.39 is 5.54 Å². The first-order valence-electron chi connectivity index (χ1n) is 5.44. The number of hydrogen-bond donors (Lipinski definition) is 1. The lowest BCUT2D eigenvalue weighted by molar-refractivity contribution is -0.118. The maximum absolute atomic E-state index is 12.0. The summed E-state index contributed by atoms with van der Waals surface area (Å²) in [5.41, 5.74) is 3.34. The van der Waals surface area contributed by atoms with Gasteiger partial charge in [0.2, 0.25) is 5.78 Å². The van der Waals surface area contributed by atoms with Crippen molar-refractivity contribution in [3.8, 4) is 0 Å². The Kier molecular flexibility index (Phi) is 3.29. The molecule has 1 aliphatic rings. The molecule has 1 rings (SSSR count). The monoisotopic (exact) mass is 196 g/mol. The molecule has 0 atom stereocenters. The van der Waals surface area contributed by atoms with Crippen LogP contribution in [0.3, 0.4) is 0 Å². The minimum absolute atomic E-state index is 0.205. The van der Waals surface area contributed by atoms with Crippen molar-refractivity contribution in [3.05, 3.63) is 0 Å². The maximum atomic E-state index is 12.0. The molecule has 80 valence electrons. The predicted octanol–water partition coefficient (Wildman–Crippen LogP) is 2.12. The van der Waals surface area contributed by atoms with Gasteiger partial charge in [-0.3, -0.25) is 10.2 Å². The molecule has 1 N–H and O–H groups in total. The van der Waals surface area contributed by atoms with Crippen LogP contribution >= 0.6 is 0 Å². The Morgan fingerprint density at radius 3 is 2.29 bits per heavy atom. The van der Waals surface area contributed by atoms with Crippen LogP contribution in [0.2, 0.25) is 0 Å². The van der Waals surface area contributed by atoms with Crippen molar-refractivity contribution in [2.45, 2.75) is 52.5 Å². The summed E-state index contributed by atoms with van der Waals surface area (Å²) in [6, 6.07) is 0. The molecule has 0 saturated carbocycles. The van der Waals surface area contributed by atoms with Gasteiger partial charge in [-0.05, 0) is 25.2 Å². The first-order chi connectivity index (χ1) is 6.55. The number of Topliss-reactive ketones (excluding diaryl/α,β-unsaturated/α-hetero) is 1. The summed E-state index contributed by atoms with van der Waals surface area (Å²) in [6.45, 7) is 8.27. The van der Waals surface area contributed by atoms with Gasteiger partial charge in [-0.15, -0.1) is 0 Å². The minimum atomic E-state index is -0.399. The van der Waals surface area contributed by atoms with Crippen LogP contribution in [0, 0.1) is 5.92 Å². The van der Waals surface area contributed by atoms with Crippen LogP contribution < -0.4 is 5.43 Å². The van der Waals surface area contributed by atoms with E-state index in [9.17, 15) is 4.79 Å². The summed E-state index contributed by atoms with van der Waals surface area (Å²) in [5, 5.41) is 4.17. The highest BCUT2D eigenvalue weighted by Crippen LogP contribution is 2.23. The van der Waals surface area contributed by atoms with Crippen molar-refractivity contribution in [1.29, 1.82) is 0 Å². The van der Waals surface area contributed by atoms with Crippen molar-refractivity contribution >= 4 is 11.5 Å². The van der Waals surface area contributed by atoms with Crippen LogP contribution in [0.4, 0.5) is 0 Å². The van der Waals surface area contributed by atoms with Crippen LogP contribution in [0.1, 0.15) is 47.0 Å². The van der Waals surface area contributed by atoms with E-state index in [4.69, 9.17) is 0 Å². The molecule has 3 heteroatoms. The number of carbonyl (C=O) groups excluding carboxylic acids is 1. The first kappa shape index (κ1) is 11.2. The zero-order chi connectivity index (χ0) is 10.8. The Morgan fingerprint density at radius 1 is 1.36 bits per heavy atom. The van der Waals surface area contributed by atoms with E-state index in [2.05, 4.69) is 24.4 Å². The summed E-state index contributed by atoms with van der Waals surface area (Å²) in [7, 11) is 0. The van der Waals surface area contributed by atoms with Gasteiger partial charge < -0.3 is 0 Å². The Morgan fingerprint density at radius 2 is 1.93 bits per heavy atom. The van der Waals surface area contributed by atoms with Crippen LogP contribution in [0.5, 0.6) is 0 Å². The number of rotatable bonds is 4. The van der Waals surface area contributed by atoms with Crippen molar-refractivity contribution < 1.29 is 4.79 Å². The van der Waals surface area contributed by atoms with E-state index in [1.54, 1.807) is 0 Å². The highest BCUT2D eigenvalue weighted by molar-refractivity contribution is 6.44. The third-order valence-corrected chi connectivity index (χ3v) is 2.91. The number of hydrogen-bond acceptors (Lipinski definition) is 3. The van der Waals surface area contributed by atoms with Gasteiger partial charge in [0.25, 0.3) is 0 Å². The molecule has 1 heterocycles. The van der Waals surface area contributed by atoms with E-state index in [1.807, 2.05) is 13.8 Å². The van der Waals surface area contributed by atoms with E-state index in [0.29, 0.717) is 5.92 Å². The van der Waals surface area contributed by atoms with Gasteiger partial charge >= 0.3 is 0 Å². The summed E-state index contributed by atoms with van der Waals surface area (Å²) in [4.78, 5) is 12.0. The molecular formula is C11H20N2O. The van der Waals surface area contributed by atoms with Gasteiger partial charge in [0, 0.05) is 0 Å². The number of hydrazone groups is 1. The fourth-order valence-electron chi connectivity index (χ4n) is 1.81. The average Bonchev–Trinajstić information content (AvgIpc) is 2.45. The van der Waals surface area contributed by atoms with Gasteiger partial charge in [-0.1, -0.05) is 27.7 Å². The highest BCUT2D eigenvalue weighted by atomic mass is 16.1. The van der Waals surface area contributed by atoms with Crippen LogP contribution in [-0.2, 0) is 4.79 Å². The maximum Gasteiger partial charge on any atom is 0.205 e. The molecule has 1 aliphatic heterocycles.